The van der Waals surface area contributed by atoms with E-state index in [9.17, 15) is 18.8 Å². The molecule has 0 saturated carbocycles. The van der Waals surface area contributed by atoms with Crippen molar-refractivity contribution in [2.45, 2.75) is 60.0 Å². The molecule has 0 aliphatic carbocycles. The monoisotopic (exact) mass is 466 g/mol. The minimum atomic E-state index is -0.651. The maximum absolute atomic E-state index is 14.2. The summed E-state index contributed by atoms with van der Waals surface area (Å²) in [5.74, 6) is -1.07. The van der Waals surface area contributed by atoms with Crippen LogP contribution in [0, 0.1) is 11.2 Å². The number of hydrogen-bond acceptors (Lipinski definition) is 4. The van der Waals surface area contributed by atoms with Crippen molar-refractivity contribution in [2.24, 2.45) is 5.41 Å². The number of aromatic nitrogens is 1. The lowest BCUT2D eigenvalue weighted by Crippen LogP contribution is -2.41. The number of halogens is 2. The van der Waals surface area contributed by atoms with E-state index in [1.807, 2.05) is 13.8 Å². The van der Waals surface area contributed by atoms with Crippen molar-refractivity contribution in [1.29, 1.82) is 0 Å². The van der Waals surface area contributed by atoms with Crippen LogP contribution in [-0.4, -0.2) is 22.3 Å². The molecule has 0 unspecified atom stereocenters. The molecule has 2 aromatic rings. The summed E-state index contributed by atoms with van der Waals surface area (Å²) in [6.07, 6.45) is 4.46. The molecule has 0 bridgehead atoms. The first-order valence-electron chi connectivity index (χ1n) is 10.1. The molecule has 5 nitrogen and oxygen atoms in total. The van der Waals surface area contributed by atoms with E-state index in [0.717, 1.165) is 24.2 Å². The smallest absolute Gasteiger partial charge is 0.269 e. The van der Waals surface area contributed by atoms with E-state index in [1.54, 1.807) is 20.8 Å². The molecule has 0 fully saturated rings. The van der Waals surface area contributed by atoms with Gasteiger partial charge in [-0.05, 0) is 31.6 Å². The van der Waals surface area contributed by atoms with Crippen LogP contribution < -0.4 is 20.1 Å². The molecule has 8 heteroatoms. The topological polar surface area (TPSA) is 68.2 Å². The number of carbonyl (C=O) groups excluding carboxylic acids is 2. The quantitative estimate of drug-likeness (QED) is 0.681. The number of Topliss-reactive ketones (excluding diaryl/α,β-unsaturated/α-hetero) is 1. The van der Waals surface area contributed by atoms with Gasteiger partial charge in [-0.15, -0.1) is 11.3 Å². The normalized spacial score (nSPS) is 14.0. The zero-order chi connectivity index (χ0) is 23.3. The van der Waals surface area contributed by atoms with Crippen molar-refractivity contribution in [1.82, 2.24) is 9.88 Å². The van der Waals surface area contributed by atoms with Gasteiger partial charge in [-0.25, -0.2) is 4.39 Å². The highest BCUT2D eigenvalue weighted by Crippen LogP contribution is 2.19. The Labute approximate surface area is 190 Å². The lowest BCUT2D eigenvalue weighted by atomic mass is 9.91. The van der Waals surface area contributed by atoms with Crippen LogP contribution in [0.25, 0.3) is 12.2 Å². The molecule has 1 N–H and O–H groups in total. The summed E-state index contributed by atoms with van der Waals surface area (Å²) in [5, 5.41) is 3.03. The Morgan fingerprint density at radius 1 is 1.32 bits per heavy atom. The number of hydrogen-bond donors (Lipinski definition) is 1. The molecule has 0 aliphatic heterocycles. The third kappa shape index (κ3) is 6.61. The first-order valence-corrected chi connectivity index (χ1v) is 11.3. The van der Waals surface area contributed by atoms with Crippen molar-refractivity contribution < 1.29 is 14.0 Å². The number of benzene rings is 1. The van der Waals surface area contributed by atoms with E-state index in [2.05, 4.69) is 5.32 Å². The second-order valence-corrected chi connectivity index (χ2v) is 9.96. The first kappa shape index (κ1) is 25.0. The fourth-order valence-corrected chi connectivity index (χ4v) is 4.11. The average molecular weight is 467 g/mol. The SMILES string of the molecule is CCC[C@@H](C)NC(=O)Cn1c(=O)/c(=C\c2c(F)cccc2Cl)s/c1=C\C(=O)C(C)(C)C. The van der Waals surface area contributed by atoms with E-state index >= 15 is 0 Å². The molecule has 168 valence electrons. The Morgan fingerprint density at radius 2 is 2.00 bits per heavy atom. The van der Waals surface area contributed by atoms with Crippen LogP contribution in [0.3, 0.4) is 0 Å². The van der Waals surface area contributed by atoms with Gasteiger partial charge in [0.15, 0.2) is 5.78 Å². The van der Waals surface area contributed by atoms with Crippen molar-refractivity contribution in [3.8, 4) is 0 Å². The number of nitrogens with one attached hydrogen (secondary N) is 1. The van der Waals surface area contributed by atoms with E-state index in [1.165, 1.54) is 34.9 Å². The van der Waals surface area contributed by atoms with Gasteiger partial charge in [0.1, 0.15) is 17.0 Å². The van der Waals surface area contributed by atoms with Gasteiger partial charge < -0.3 is 5.32 Å². The Bertz CT molecular complexity index is 1120. The minimum Gasteiger partial charge on any atom is -0.352 e. The van der Waals surface area contributed by atoms with Crippen LogP contribution in [0.5, 0.6) is 0 Å². The van der Waals surface area contributed by atoms with E-state index in [-0.39, 0.29) is 39.4 Å². The van der Waals surface area contributed by atoms with Crippen molar-refractivity contribution in [2.75, 3.05) is 0 Å². The van der Waals surface area contributed by atoms with Gasteiger partial charge in [0.05, 0.1) is 9.55 Å². The number of thiazole rings is 1. The molecule has 1 aromatic carbocycles. The molecule has 1 aromatic heterocycles. The summed E-state index contributed by atoms with van der Waals surface area (Å²) in [6.45, 7) is 9.00. The summed E-state index contributed by atoms with van der Waals surface area (Å²) in [7, 11) is 0. The second kappa shape index (κ2) is 10.4. The number of carbonyl (C=O) groups is 2. The molecule has 1 heterocycles. The molecule has 0 spiro atoms. The highest BCUT2D eigenvalue weighted by atomic mass is 35.5. The van der Waals surface area contributed by atoms with E-state index < -0.39 is 16.8 Å². The van der Waals surface area contributed by atoms with Crippen LogP contribution in [0.15, 0.2) is 23.0 Å². The van der Waals surface area contributed by atoms with Crippen molar-refractivity contribution in [3.05, 3.63) is 54.2 Å². The lowest BCUT2D eigenvalue weighted by Gasteiger charge is -2.14. The number of amides is 1. The second-order valence-electron chi connectivity index (χ2n) is 8.49. The molecule has 1 amide bonds. The molecule has 0 radical (unpaired) electrons. The maximum Gasteiger partial charge on any atom is 0.269 e. The third-order valence-electron chi connectivity index (χ3n) is 4.64. The minimum absolute atomic E-state index is 0.0290. The number of rotatable bonds is 7. The molecular weight excluding hydrogens is 439 g/mol. The summed E-state index contributed by atoms with van der Waals surface area (Å²) in [4.78, 5) is 38.1. The fourth-order valence-electron chi connectivity index (χ4n) is 2.87. The summed E-state index contributed by atoms with van der Waals surface area (Å²) >= 11 is 7.12. The van der Waals surface area contributed by atoms with Gasteiger partial charge in [-0.1, -0.05) is 51.8 Å². The van der Waals surface area contributed by atoms with Gasteiger partial charge in [0, 0.05) is 23.1 Å². The summed E-state index contributed by atoms with van der Waals surface area (Å²) < 4.78 is 16.0. The summed E-state index contributed by atoms with van der Waals surface area (Å²) in [6, 6.07) is 4.23. The predicted molar refractivity (Wildman–Crippen MR) is 124 cm³/mol. The predicted octanol–water partition coefficient (Wildman–Crippen LogP) is 3.23. The van der Waals surface area contributed by atoms with Gasteiger partial charge in [-0.3, -0.25) is 19.0 Å². The Balaban J connectivity index is 2.61. The third-order valence-corrected chi connectivity index (χ3v) is 6.03. The lowest BCUT2D eigenvalue weighted by molar-refractivity contribution is -0.122. The molecule has 1 atom stereocenters. The van der Waals surface area contributed by atoms with Crippen LogP contribution in [0.2, 0.25) is 5.02 Å². The maximum atomic E-state index is 14.2. The van der Waals surface area contributed by atoms with Crippen LogP contribution in [0.1, 0.15) is 53.0 Å². The van der Waals surface area contributed by atoms with Gasteiger partial charge >= 0.3 is 0 Å². The molecule has 31 heavy (non-hydrogen) atoms. The first-order chi connectivity index (χ1) is 14.4. The fraction of sp³-hybridized carbons (Fsp3) is 0.435. The molecule has 0 saturated heterocycles. The molecular formula is C23H28ClFN2O3S. The molecule has 0 aliphatic rings. The molecule has 2 rings (SSSR count). The zero-order valence-electron chi connectivity index (χ0n) is 18.4. The number of ketones is 1. The number of nitrogens with zero attached hydrogens (tertiary/aromatic N) is 1. The summed E-state index contributed by atoms with van der Waals surface area (Å²) in [5.41, 5.74) is -1.04. The van der Waals surface area contributed by atoms with E-state index in [4.69, 9.17) is 11.6 Å². The Kier molecular flexibility index (Phi) is 8.37. The van der Waals surface area contributed by atoms with Gasteiger partial charge in [-0.2, -0.15) is 0 Å². The highest BCUT2D eigenvalue weighted by Gasteiger charge is 2.20. The van der Waals surface area contributed by atoms with Gasteiger partial charge in [0.25, 0.3) is 5.56 Å². The van der Waals surface area contributed by atoms with E-state index in [0.29, 0.717) is 4.66 Å². The van der Waals surface area contributed by atoms with Crippen molar-refractivity contribution >= 4 is 46.8 Å². The highest BCUT2D eigenvalue weighted by molar-refractivity contribution is 7.07. The van der Waals surface area contributed by atoms with Gasteiger partial charge in [0.2, 0.25) is 5.91 Å². The zero-order valence-corrected chi connectivity index (χ0v) is 20.0. The Hall–Kier alpha value is -2.25. The largest absolute Gasteiger partial charge is 0.352 e. The average Bonchev–Trinajstić information content (AvgIpc) is 2.93. The van der Waals surface area contributed by atoms with Crippen molar-refractivity contribution in [3.63, 3.8) is 0 Å². The van der Waals surface area contributed by atoms with Crippen LogP contribution in [-0.2, 0) is 16.1 Å². The van der Waals surface area contributed by atoms with Crippen LogP contribution >= 0.6 is 22.9 Å². The van der Waals surface area contributed by atoms with Crippen LogP contribution in [0.4, 0.5) is 4.39 Å². The Morgan fingerprint density at radius 3 is 2.58 bits per heavy atom. The standard InChI is InChI=1S/C23H28ClFN2O3S/c1-6-8-14(2)26-20(29)13-27-21(12-19(28)23(3,4)5)31-18(22(27)30)11-15-16(24)9-7-10-17(15)25/h7,9-12,14H,6,8,13H2,1-5H3,(H,26,29)/b18-11+,21-12-/t14-/m1/s1.